The zero-order valence-corrected chi connectivity index (χ0v) is 15.1. The van der Waals surface area contributed by atoms with Gasteiger partial charge in [-0.2, -0.15) is 11.8 Å². The summed E-state index contributed by atoms with van der Waals surface area (Å²) in [5, 5.41) is 7.24. The molecule has 22 heavy (non-hydrogen) atoms. The highest BCUT2D eigenvalue weighted by atomic mass is 32.2. The molecule has 2 unspecified atom stereocenters. The number of rotatable bonds is 7. The van der Waals surface area contributed by atoms with Gasteiger partial charge in [-0.3, -0.25) is 4.99 Å². The lowest BCUT2D eigenvalue weighted by atomic mass is 10.1. The summed E-state index contributed by atoms with van der Waals surface area (Å²) in [7, 11) is 5.11. The number of nitrogens with zero attached hydrogens (tertiary/aromatic N) is 1. The van der Waals surface area contributed by atoms with E-state index in [4.69, 9.17) is 9.47 Å². The van der Waals surface area contributed by atoms with Crippen molar-refractivity contribution in [3.05, 3.63) is 23.8 Å². The van der Waals surface area contributed by atoms with Gasteiger partial charge in [-0.25, -0.2) is 0 Å². The van der Waals surface area contributed by atoms with Crippen molar-refractivity contribution >= 4 is 17.7 Å². The zero-order valence-electron chi connectivity index (χ0n) is 14.3. The average Bonchev–Trinajstić information content (AvgIpc) is 2.57. The summed E-state index contributed by atoms with van der Waals surface area (Å²) < 4.78 is 10.7. The van der Waals surface area contributed by atoms with E-state index < -0.39 is 0 Å². The van der Waals surface area contributed by atoms with E-state index >= 15 is 0 Å². The van der Waals surface area contributed by atoms with Gasteiger partial charge in [-0.1, -0.05) is 6.92 Å². The van der Waals surface area contributed by atoms with Crippen molar-refractivity contribution in [2.24, 2.45) is 4.99 Å². The summed E-state index contributed by atoms with van der Waals surface area (Å²) in [5.74, 6) is 2.41. The second-order valence-electron chi connectivity index (χ2n) is 4.97. The van der Waals surface area contributed by atoms with Crippen LogP contribution in [0, 0.1) is 0 Å². The van der Waals surface area contributed by atoms with Crippen LogP contribution in [-0.2, 0) is 0 Å². The molecule has 2 atom stereocenters. The molecule has 0 saturated heterocycles. The Morgan fingerprint density at radius 3 is 2.55 bits per heavy atom. The largest absolute Gasteiger partial charge is 0.497 e. The highest BCUT2D eigenvalue weighted by molar-refractivity contribution is 7.99. The lowest BCUT2D eigenvalue weighted by molar-refractivity contribution is 0.394. The van der Waals surface area contributed by atoms with E-state index in [0.717, 1.165) is 29.6 Å². The number of thioether (sulfide) groups is 1. The van der Waals surface area contributed by atoms with E-state index in [1.54, 1.807) is 21.3 Å². The minimum atomic E-state index is 0.0424. The first-order valence-corrected chi connectivity index (χ1v) is 8.56. The number of aliphatic imine (C=N–C) groups is 1. The predicted molar refractivity (Wildman–Crippen MR) is 95.4 cm³/mol. The Kier molecular flexibility index (Phi) is 7.95. The molecule has 0 amide bonds. The van der Waals surface area contributed by atoms with Crippen molar-refractivity contribution in [3.8, 4) is 11.5 Å². The highest BCUT2D eigenvalue weighted by Gasteiger charge is 2.14. The first-order chi connectivity index (χ1) is 10.5. The molecule has 0 saturated carbocycles. The molecule has 0 aromatic heterocycles. The van der Waals surface area contributed by atoms with Crippen molar-refractivity contribution in [3.63, 3.8) is 0 Å². The molecular formula is C16H27N3O2S. The molecule has 124 valence electrons. The van der Waals surface area contributed by atoms with Gasteiger partial charge in [-0.15, -0.1) is 0 Å². The summed E-state index contributed by atoms with van der Waals surface area (Å²) in [6.07, 6.45) is 2.10. The van der Waals surface area contributed by atoms with Crippen LogP contribution < -0.4 is 20.1 Å². The van der Waals surface area contributed by atoms with Crippen LogP contribution in [0.1, 0.15) is 25.5 Å². The summed E-state index contributed by atoms with van der Waals surface area (Å²) in [4.78, 5) is 4.27. The van der Waals surface area contributed by atoms with Crippen LogP contribution in [0.2, 0.25) is 0 Å². The van der Waals surface area contributed by atoms with Gasteiger partial charge in [0.1, 0.15) is 11.5 Å². The fourth-order valence-electron chi connectivity index (χ4n) is 1.98. The third-order valence-electron chi connectivity index (χ3n) is 3.44. The molecule has 0 spiro atoms. The minimum Gasteiger partial charge on any atom is -0.497 e. The highest BCUT2D eigenvalue weighted by Crippen LogP contribution is 2.29. The Labute approximate surface area is 137 Å². The molecule has 0 aliphatic heterocycles. The van der Waals surface area contributed by atoms with Crippen LogP contribution in [0.5, 0.6) is 11.5 Å². The number of nitrogens with one attached hydrogen (secondary N) is 2. The van der Waals surface area contributed by atoms with Gasteiger partial charge in [0.25, 0.3) is 0 Å². The molecule has 1 aromatic carbocycles. The molecule has 2 N–H and O–H groups in total. The van der Waals surface area contributed by atoms with Gasteiger partial charge in [0.15, 0.2) is 5.96 Å². The van der Waals surface area contributed by atoms with E-state index in [-0.39, 0.29) is 6.04 Å². The molecular weight excluding hydrogens is 298 g/mol. The van der Waals surface area contributed by atoms with Gasteiger partial charge < -0.3 is 20.1 Å². The standard InChI is InChI=1S/C16H27N3O2S/c1-11(22-6)10-18-16(17-3)19-12(2)14-9-13(20-4)7-8-15(14)21-5/h7-9,11-12H,10H2,1-6H3,(H2,17,18,19). The van der Waals surface area contributed by atoms with E-state index in [2.05, 4.69) is 35.7 Å². The van der Waals surface area contributed by atoms with E-state index in [0.29, 0.717) is 5.25 Å². The molecule has 0 fully saturated rings. The first kappa shape index (κ1) is 18.5. The third-order valence-corrected chi connectivity index (χ3v) is 4.41. The number of hydrogen-bond acceptors (Lipinski definition) is 4. The second-order valence-corrected chi connectivity index (χ2v) is 6.25. The summed E-state index contributed by atoms with van der Waals surface area (Å²) >= 11 is 1.82. The van der Waals surface area contributed by atoms with Crippen molar-refractivity contribution < 1.29 is 9.47 Å². The maximum absolute atomic E-state index is 5.44. The molecule has 0 aliphatic rings. The molecule has 0 radical (unpaired) electrons. The Morgan fingerprint density at radius 2 is 2.00 bits per heavy atom. The Bertz CT molecular complexity index is 494. The van der Waals surface area contributed by atoms with Gasteiger partial charge in [-0.05, 0) is 31.4 Å². The van der Waals surface area contributed by atoms with Crippen LogP contribution in [0.3, 0.4) is 0 Å². The SMILES string of the molecule is CN=C(NCC(C)SC)NC(C)c1cc(OC)ccc1OC. The number of guanidine groups is 1. The Morgan fingerprint density at radius 1 is 1.27 bits per heavy atom. The molecule has 6 heteroatoms. The lowest BCUT2D eigenvalue weighted by Gasteiger charge is -2.21. The van der Waals surface area contributed by atoms with Gasteiger partial charge in [0.05, 0.1) is 20.3 Å². The molecule has 0 bridgehead atoms. The van der Waals surface area contributed by atoms with Crippen molar-refractivity contribution in [2.45, 2.75) is 25.1 Å². The number of methoxy groups -OCH3 is 2. The number of benzene rings is 1. The Balaban J connectivity index is 2.80. The maximum Gasteiger partial charge on any atom is 0.191 e. The van der Waals surface area contributed by atoms with Gasteiger partial charge in [0.2, 0.25) is 0 Å². The predicted octanol–water partition coefficient (Wildman–Crippen LogP) is 2.68. The molecule has 1 aromatic rings. The fraction of sp³-hybridized carbons (Fsp3) is 0.562. The number of ether oxygens (including phenoxy) is 2. The monoisotopic (exact) mass is 325 g/mol. The molecule has 0 aliphatic carbocycles. The minimum absolute atomic E-state index is 0.0424. The van der Waals surface area contributed by atoms with Crippen molar-refractivity contribution in [2.75, 3.05) is 34.1 Å². The van der Waals surface area contributed by atoms with Crippen molar-refractivity contribution in [1.29, 1.82) is 0 Å². The van der Waals surface area contributed by atoms with Crippen LogP contribution >= 0.6 is 11.8 Å². The van der Waals surface area contributed by atoms with Crippen LogP contribution in [0.4, 0.5) is 0 Å². The lowest BCUT2D eigenvalue weighted by Crippen LogP contribution is -2.41. The smallest absolute Gasteiger partial charge is 0.191 e. The van der Waals surface area contributed by atoms with E-state index in [1.165, 1.54) is 0 Å². The first-order valence-electron chi connectivity index (χ1n) is 7.27. The van der Waals surface area contributed by atoms with E-state index in [9.17, 15) is 0 Å². The topological polar surface area (TPSA) is 54.9 Å². The Hall–Kier alpha value is -1.56. The van der Waals surface area contributed by atoms with Crippen molar-refractivity contribution in [1.82, 2.24) is 10.6 Å². The summed E-state index contributed by atoms with van der Waals surface area (Å²) in [6.45, 7) is 5.12. The van der Waals surface area contributed by atoms with Crippen LogP contribution in [0.15, 0.2) is 23.2 Å². The van der Waals surface area contributed by atoms with Gasteiger partial charge in [0, 0.05) is 24.4 Å². The molecule has 5 nitrogen and oxygen atoms in total. The number of hydrogen-bond donors (Lipinski definition) is 2. The summed E-state index contributed by atoms with van der Waals surface area (Å²) in [6, 6.07) is 5.83. The molecule has 0 heterocycles. The second kappa shape index (κ2) is 9.46. The van der Waals surface area contributed by atoms with Crippen LogP contribution in [0.25, 0.3) is 0 Å². The quantitative estimate of drug-likeness (QED) is 0.596. The maximum atomic E-state index is 5.44. The average molecular weight is 325 g/mol. The zero-order chi connectivity index (χ0) is 16.5. The van der Waals surface area contributed by atoms with Crippen LogP contribution in [-0.4, -0.2) is 45.3 Å². The van der Waals surface area contributed by atoms with Gasteiger partial charge >= 0.3 is 0 Å². The summed E-state index contributed by atoms with van der Waals surface area (Å²) in [5.41, 5.74) is 1.03. The van der Waals surface area contributed by atoms with E-state index in [1.807, 2.05) is 30.0 Å². The third kappa shape index (κ3) is 5.33. The molecule has 1 rings (SSSR count). The normalized spacial score (nSPS) is 14.2. The fourth-order valence-corrected chi connectivity index (χ4v) is 2.23.